The van der Waals surface area contributed by atoms with Crippen LogP contribution in [0.3, 0.4) is 0 Å². The van der Waals surface area contributed by atoms with E-state index in [9.17, 15) is 4.79 Å². The minimum atomic E-state index is -0.188. The number of thiocarbonyl (C=S) groups is 1. The first-order valence-corrected chi connectivity index (χ1v) is 12.7. The molecular formula is C29H29N3O5S. The Balaban J connectivity index is 1.40. The normalized spacial score (nSPS) is 11.8. The number of benzene rings is 3. The van der Waals surface area contributed by atoms with Crippen molar-refractivity contribution >= 4 is 28.2 Å². The van der Waals surface area contributed by atoms with E-state index in [2.05, 4.69) is 22.4 Å². The van der Waals surface area contributed by atoms with Gasteiger partial charge in [0.05, 0.1) is 26.3 Å². The minimum Gasteiger partial charge on any atom is -0.493 e. The van der Waals surface area contributed by atoms with Crippen LogP contribution in [0.5, 0.6) is 23.0 Å². The third-order valence-corrected chi connectivity index (χ3v) is 6.82. The van der Waals surface area contributed by atoms with Gasteiger partial charge in [-0.25, -0.2) is 0 Å². The molecular weight excluding hydrogens is 502 g/mol. The Morgan fingerprint density at radius 3 is 2.50 bits per heavy atom. The van der Waals surface area contributed by atoms with Gasteiger partial charge in [-0.1, -0.05) is 36.4 Å². The van der Waals surface area contributed by atoms with Crippen molar-refractivity contribution in [3.8, 4) is 23.0 Å². The highest BCUT2D eigenvalue weighted by Crippen LogP contribution is 2.33. The number of aromatic nitrogens is 1. The van der Waals surface area contributed by atoms with Gasteiger partial charge in [-0.2, -0.15) is 0 Å². The monoisotopic (exact) mass is 531 g/mol. The quantitative estimate of drug-likeness (QED) is 0.308. The van der Waals surface area contributed by atoms with Crippen molar-refractivity contribution in [3.05, 3.63) is 93.8 Å². The van der Waals surface area contributed by atoms with Crippen molar-refractivity contribution in [2.24, 2.45) is 0 Å². The summed E-state index contributed by atoms with van der Waals surface area (Å²) >= 11 is 5.81. The van der Waals surface area contributed by atoms with Crippen molar-refractivity contribution in [1.29, 1.82) is 0 Å². The van der Waals surface area contributed by atoms with Gasteiger partial charge in [0.2, 0.25) is 6.79 Å². The Labute approximate surface area is 226 Å². The fourth-order valence-electron chi connectivity index (χ4n) is 4.43. The number of nitrogens with one attached hydrogen (secondary N) is 2. The second kappa shape index (κ2) is 11.4. The lowest BCUT2D eigenvalue weighted by Crippen LogP contribution is -2.40. The Morgan fingerprint density at radius 1 is 0.947 bits per heavy atom. The molecule has 2 heterocycles. The minimum absolute atomic E-state index is 0.188. The lowest BCUT2D eigenvalue weighted by Gasteiger charge is -2.26. The summed E-state index contributed by atoms with van der Waals surface area (Å²) < 4.78 is 21.8. The fourth-order valence-corrected chi connectivity index (χ4v) is 4.66. The van der Waals surface area contributed by atoms with Crippen LogP contribution in [0.4, 0.5) is 0 Å². The van der Waals surface area contributed by atoms with E-state index < -0.39 is 0 Å². The zero-order valence-corrected chi connectivity index (χ0v) is 22.1. The van der Waals surface area contributed by atoms with Gasteiger partial charge in [0.25, 0.3) is 5.56 Å². The van der Waals surface area contributed by atoms with Gasteiger partial charge in [0.15, 0.2) is 28.1 Å². The summed E-state index contributed by atoms with van der Waals surface area (Å²) in [6, 6.07) is 21.5. The van der Waals surface area contributed by atoms with Gasteiger partial charge >= 0.3 is 0 Å². The van der Waals surface area contributed by atoms with Crippen LogP contribution in [0.2, 0.25) is 0 Å². The van der Waals surface area contributed by atoms with E-state index in [0.717, 1.165) is 23.1 Å². The fraction of sp³-hybridized carbons (Fsp3) is 0.241. The van der Waals surface area contributed by atoms with Crippen LogP contribution < -0.4 is 29.8 Å². The highest BCUT2D eigenvalue weighted by molar-refractivity contribution is 7.80. The number of hydrogen-bond acceptors (Lipinski definition) is 6. The molecule has 1 aliphatic heterocycles. The zero-order valence-electron chi connectivity index (χ0n) is 21.3. The molecule has 0 bridgehead atoms. The summed E-state index contributed by atoms with van der Waals surface area (Å²) in [5, 5.41) is 4.76. The molecule has 38 heavy (non-hydrogen) atoms. The van der Waals surface area contributed by atoms with Gasteiger partial charge in [0, 0.05) is 30.1 Å². The third-order valence-electron chi connectivity index (χ3n) is 6.42. The van der Waals surface area contributed by atoms with Gasteiger partial charge < -0.3 is 34.1 Å². The molecule has 2 N–H and O–H groups in total. The second-order valence-corrected chi connectivity index (χ2v) is 9.32. The van der Waals surface area contributed by atoms with E-state index in [1.54, 1.807) is 20.3 Å². The Morgan fingerprint density at radius 2 is 1.71 bits per heavy atom. The van der Waals surface area contributed by atoms with E-state index in [0.29, 0.717) is 53.1 Å². The number of fused-ring (bicyclic) bond motifs is 2. The first-order valence-electron chi connectivity index (χ1n) is 12.3. The molecule has 0 radical (unpaired) electrons. The standard InChI is InChI=1S/C29H29N3O5S/c1-34-25-14-21-13-22(28(33)31-23(21)15-26(25)35-2)17-32(16-20-8-9-24-27(12-20)37-18-36-24)29(38)30-11-10-19-6-4-3-5-7-19/h3-9,12-15H,10-11,16-18H2,1-2H3,(H,30,38)(H,31,33). The van der Waals surface area contributed by atoms with Gasteiger partial charge in [-0.15, -0.1) is 0 Å². The Kier molecular flexibility index (Phi) is 7.65. The summed E-state index contributed by atoms with van der Waals surface area (Å²) in [7, 11) is 3.15. The summed E-state index contributed by atoms with van der Waals surface area (Å²) in [4.78, 5) is 18.1. The predicted octanol–water partition coefficient (Wildman–Crippen LogP) is 4.39. The van der Waals surface area contributed by atoms with Gasteiger partial charge in [-0.3, -0.25) is 4.79 Å². The molecule has 8 nitrogen and oxygen atoms in total. The molecule has 4 aromatic rings. The first-order chi connectivity index (χ1) is 18.5. The third kappa shape index (κ3) is 5.68. The van der Waals surface area contributed by atoms with E-state index >= 15 is 0 Å². The lowest BCUT2D eigenvalue weighted by molar-refractivity contribution is 0.174. The number of nitrogens with zero attached hydrogens (tertiary/aromatic N) is 1. The van der Waals surface area contributed by atoms with Crippen molar-refractivity contribution in [3.63, 3.8) is 0 Å². The molecule has 0 saturated heterocycles. The average molecular weight is 532 g/mol. The van der Waals surface area contributed by atoms with Gasteiger partial charge in [-0.05, 0) is 54.0 Å². The molecule has 9 heteroatoms. The molecule has 0 fully saturated rings. The second-order valence-electron chi connectivity index (χ2n) is 8.93. The zero-order chi connectivity index (χ0) is 26.5. The van der Waals surface area contributed by atoms with E-state index in [-0.39, 0.29) is 12.4 Å². The van der Waals surface area contributed by atoms with Crippen LogP contribution in [0, 0.1) is 0 Å². The van der Waals surface area contributed by atoms with Crippen LogP contribution in [0.25, 0.3) is 10.9 Å². The summed E-state index contributed by atoms with van der Waals surface area (Å²) in [6.45, 7) is 1.68. The van der Waals surface area contributed by atoms with E-state index in [1.807, 2.05) is 53.4 Å². The van der Waals surface area contributed by atoms with Crippen molar-refractivity contribution in [2.75, 3.05) is 27.6 Å². The molecule has 0 spiro atoms. The predicted molar refractivity (Wildman–Crippen MR) is 150 cm³/mol. The number of pyridine rings is 1. The number of ether oxygens (including phenoxy) is 4. The first kappa shape index (κ1) is 25.4. The summed E-state index contributed by atoms with van der Waals surface area (Å²) in [5.41, 5.74) is 3.28. The van der Waals surface area contributed by atoms with Crippen molar-refractivity contribution in [2.45, 2.75) is 19.5 Å². The van der Waals surface area contributed by atoms with E-state index in [1.165, 1.54) is 5.56 Å². The molecule has 1 aliphatic rings. The Hall–Kier alpha value is -4.24. The Bertz CT molecular complexity index is 1510. The van der Waals surface area contributed by atoms with E-state index in [4.69, 9.17) is 31.2 Å². The molecule has 5 rings (SSSR count). The molecule has 196 valence electrons. The SMILES string of the molecule is COc1cc2cc(CN(Cc3ccc4c(c3)OCO4)C(=S)NCCc3ccccc3)c(=O)[nH]c2cc1OC. The topological polar surface area (TPSA) is 85.0 Å². The smallest absolute Gasteiger partial charge is 0.253 e. The maximum atomic E-state index is 13.1. The molecule has 0 saturated carbocycles. The summed E-state index contributed by atoms with van der Waals surface area (Å²) in [5.74, 6) is 2.57. The largest absolute Gasteiger partial charge is 0.493 e. The average Bonchev–Trinajstić information content (AvgIpc) is 3.41. The molecule has 0 unspecified atom stereocenters. The number of H-pyrrole nitrogens is 1. The van der Waals surface area contributed by atoms with Crippen LogP contribution in [0.1, 0.15) is 16.7 Å². The molecule has 0 aliphatic carbocycles. The maximum absolute atomic E-state index is 13.1. The number of methoxy groups -OCH3 is 2. The van der Waals surface area contributed by atoms with Gasteiger partial charge in [0.1, 0.15) is 0 Å². The number of aromatic amines is 1. The van der Waals surface area contributed by atoms with Crippen LogP contribution in [-0.2, 0) is 19.5 Å². The molecule has 0 amide bonds. The highest BCUT2D eigenvalue weighted by atomic mass is 32.1. The van der Waals surface area contributed by atoms with Crippen LogP contribution >= 0.6 is 12.2 Å². The maximum Gasteiger partial charge on any atom is 0.253 e. The lowest BCUT2D eigenvalue weighted by atomic mass is 10.1. The number of rotatable bonds is 9. The number of hydrogen-bond donors (Lipinski definition) is 2. The van der Waals surface area contributed by atoms with Crippen LogP contribution in [0.15, 0.2) is 71.5 Å². The molecule has 0 atom stereocenters. The van der Waals surface area contributed by atoms with Crippen LogP contribution in [-0.4, -0.2) is 42.6 Å². The molecule has 1 aromatic heterocycles. The highest BCUT2D eigenvalue weighted by Gasteiger charge is 2.18. The van der Waals surface area contributed by atoms with Crippen molar-refractivity contribution in [1.82, 2.24) is 15.2 Å². The van der Waals surface area contributed by atoms with Crippen molar-refractivity contribution < 1.29 is 18.9 Å². The summed E-state index contributed by atoms with van der Waals surface area (Å²) in [6.07, 6.45) is 0.830. The molecule has 3 aromatic carbocycles.